The number of carboxylic acids is 1. The van der Waals surface area contributed by atoms with Crippen molar-refractivity contribution in [2.24, 2.45) is 5.92 Å². The fourth-order valence-electron chi connectivity index (χ4n) is 5.50. The van der Waals surface area contributed by atoms with E-state index >= 15 is 0 Å². The van der Waals surface area contributed by atoms with E-state index in [-0.39, 0.29) is 30.5 Å². The van der Waals surface area contributed by atoms with Gasteiger partial charge in [0, 0.05) is 31.3 Å². The Kier molecular flexibility index (Phi) is 7.84. The van der Waals surface area contributed by atoms with E-state index in [1.165, 1.54) is 5.56 Å². The first-order valence-electron chi connectivity index (χ1n) is 13.4. The molecule has 8 nitrogen and oxygen atoms in total. The largest absolute Gasteiger partial charge is 0.490 e. The number of hydrogen-bond acceptors (Lipinski definition) is 6. The van der Waals surface area contributed by atoms with Crippen molar-refractivity contribution in [3.05, 3.63) is 59.3 Å². The molecule has 202 valence electrons. The van der Waals surface area contributed by atoms with Crippen molar-refractivity contribution >= 4 is 23.3 Å². The van der Waals surface area contributed by atoms with Gasteiger partial charge in [0.25, 0.3) is 0 Å². The van der Waals surface area contributed by atoms with Crippen LogP contribution in [0, 0.1) is 17.2 Å². The molecule has 2 heterocycles. The Morgan fingerprint density at radius 2 is 2.03 bits per heavy atom. The Balaban J connectivity index is 1.29. The van der Waals surface area contributed by atoms with Crippen molar-refractivity contribution in [1.29, 1.82) is 5.26 Å². The van der Waals surface area contributed by atoms with E-state index in [0.29, 0.717) is 24.4 Å². The number of carbonyl (C=O) groups is 2. The minimum atomic E-state index is -0.773. The molecule has 1 saturated heterocycles. The number of carboxylic acid groups (broad SMARTS) is 1. The maximum Gasteiger partial charge on any atom is 0.317 e. The quantitative estimate of drug-likeness (QED) is 0.376. The first kappa shape index (κ1) is 26.7. The summed E-state index contributed by atoms with van der Waals surface area (Å²) in [6, 6.07) is 13.9. The third-order valence-electron chi connectivity index (χ3n) is 7.41. The van der Waals surface area contributed by atoms with Gasteiger partial charge in [-0.15, -0.1) is 11.3 Å². The molecule has 1 aliphatic carbocycles. The third-order valence-corrected chi connectivity index (χ3v) is 8.49. The van der Waals surface area contributed by atoms with Crippen LogP contribution in [0.3, 0.4) is 0 Å². The van der Waals surface area contributed by atoms with E-state index in [1.807, 2.05) is 49.2 Å². The second kappa shape index (κ2) is 11.5. The minimum Gasteiger partial charge on any atom is -0.490 e. The molecule has 0 radical (unpaired) electrons. The standard InChI is InChI=1S/C30H32N4O4S/c1-18(2)38-26-9-6-20(15-21(26)16-31)29-32-17-27(39-29)24-5-3-4-23-22(24)7-8-25(23)33-30(37)34-12-10-19(11-13-34)14-28(35)36/h3-6,9,15,17-19,25H,7-8,10-14H2,1-2H3,(H,33,37)(H,35,36). The van der Waals surface area contributed by atoms with Gasteiger partial charge in [-0.3, -0.25) is 4.79 Å². The highest BCUT2D eigenvalue weighted by atomic mass is 32.1. The number of likely N-dealkylation sites (tertiary alicyclic amines) is 1. The number of amides is 2. The Labute approximate surface area is 232 Å². The molecule has 0 saturated carbocycles. The van der Waals surface area contributed by atoms with Crippen LogP contribution in [0.2, 0.25) is 0 Å². The average molecular weight is 545 g/mol. The Hall–Kier alpha value is -3.90. The van der Waals surface area contributed by atoms with Crippen LogP contribution in [0.4, 0.5) is 4.79 Å². The van der Waals surface area contributed by atoms with Crippen molar-refractivity contribution in [2.45, 2.75) is 58.1 Å². The molecule has 1 fully saturated rings. The molecule has 5 rings (SSSR count). The van der Waals surface area contributed by atoms with Crippen LogP contribution in [0.15, 0.2) is 42.6 Å². The summed E-state index contributed by atoms with van der Waals surface area (Å²) < 4.78 is 5.75. The van der Waals surface area contributed by atoms with E-state index < -0.39 is 5.97 Å². The zero-order chi connectivity index (χ0) is 27.5. The van der Waals surface area contributed by atoms with Gasteiger partial charge < -0.3 is 20.1 Å². The van der Waals surface area contributed by atoms with Crippen LogP contribution >= 0.6 is 11.3 Å². The predicted octanol–water partition coefficient (Wildman–Crippen LogP) is 6.02. The molecule has 1 aromatic heterocycles. The van der Waals surface area contributed by atoms with Crippen molar-refractivity contribution in [1.82, 2.24) is 15.2 Å². The number of aliphatic carboxylic acids is 1. The molecule has 1 unspecified atom stereocenters. The fourth-order valence-corrected chi connectivity index (χ4v) is 6.47. The lowest BCUT2D eigenvalue weighted by Crippen LogP contribution is -2.45. The van der Waals surface area contributed by atoms with Crippen molar-refractivity contribution in [3.63, 3.8) is 0 Å². The Morgan fingerprint density at radius 1 is 1.23 bits per heavy atom. The van der Waals surface area contributed by atoms with Crippen molar-refractivity contribution in [3.8, 4) is 32.8 Å². The summed E-state index contributed by atoms with van der Waals surface area (Å²) in [5.74, 6) is -0.0552. The molecule has 1 atom stereocenters. The highest BCUT2D eigenvalue weighted by Crippen LogP contribution is 2.41. The topological polar surface area (TPSA) is 116 Å². The highest BCUT2D eigenvalue weighted by molar-refractivity contribution is 7.18. The third kappa shape index (κ3) is 5.91. The minimum absolute atomic E-state index is 0.0146. The molecule has 2 N–H and O–H groups in total. The number of nitrogens with zero attached hydrogens (tertiary/aromatic N) is 3. The van der Waals surface area contributed by atoms with E-state index in [1.54, 1.807) is 11.3 Å². The van der Waals surface area contributed by atoms with Gasteiger partial charge in [0.2, 0.25) is 0 Å². The number of nitrogens with one attached hydrogen (secondary N) is 1. The summed E-state index contributed by atoms with van der Waals surface area (Å²) in [6.07, 6.45) is 5.19. The second-order valence-corrected chi connectivity index (χ2v) is 11.5. The summed E-state index contributed by atoms with van der Waals surface area (Å²) in [6.45, 7) is 5.04. The van der Waals surface area contributed by atoms with Gasteiger partial charge >= 0.3 is 12.0 Å². The first-order chi connectivity index (χ1) is 18.8. The highest BCUT2D eigenvalue weighted by Gasteiger charge is 2.30. The lowest BCUT2D eigenvalue weighted by Gasteiger charge is -2.32. The van der Waals surface area contributed by atoms with Gasteiger partial charge in [0.05, 0.1) is 22.6 Å². The number of thiazole rings is 1. The van der Waals surface area contributed by atoms with Gasteiger partial charge in [0.1, 0.15) is 16.8 Å². The monoisotopic (exact) mass is 544 g/mol. The number of fused-ring (bicyclic) bond motifs is 1. The van der Waals surface area contributed by atoms with Crippen LogP contribution in [-0.2, 0) is 11.2 Å². The molecule has 1 aliphatic heterocycles. The molecule has 2 aromatic carbocycles. The summed E-state index contributed by atoms with van der Waals surface area (Å²) >= 11 is 1.59. The summed E-state index contributed by atoms with van der Waals surface area (Å²) in [5.41, 5.74) is 4.87. The van der Waals surface area contributed by atoms with Gasteiger partial charge in [-0.05, 0) is 80.3 Å². The number of ether oxygens (including phenoxy) is 1. The molecule has 2 amide bonds. The summed E-state index contributed by atoms with van der Waals surface area (Å²) in [7, 11) is 0. The number of piperidine rings is 1. The molecule has 0 bridgehead atoms. The zero-order valence-corrected chi connectivity index (χ0v) is 23.0. The normalized spacial score (nSPS) is 17.1. The average Bonchev–Trinajstić information content (AvgIpc) is 3.56. The number of nitriles is 1. The molecule has 39 heavy (non-hydrogen) atoms. The van der Waals surface area contributed by atoms with Crippen molar-refractivity contribution in [2.75, 3.05) is 13.1 Å². The van der Waals surface area contributed by atoms with Crippen molar-refractivity contribution < 1.29 is 19.4 Å². The van der Waals surface area contributed by atoms with Crippen LogP contribution in [0.25, 0.3) is 21.0 Å². The van der Waals surface area contributed by atoms with E-state index in [9.17, 15) is 14.9 Å². The molecule has 3 aromatic rings. The second-order valence-electron chi connectivity index (χ2n) is 10.5. The lowest BCUT2D eigenvalue weighted by molar-refractivity contribution is -0.138. The molecular weight excluding hydrogens is 512 g/mol. The maximum absolute atomic E-state index is 13.0. The summed E-state index contributed by atoms with van der Waals surface area (Å²) in [5, 5.41) is 22.7. The SMILES string of the molecule is CC(C)Oc1ccc(-c2ncc(-c3cccc4c3CCC4NC(=O)N3CCC(CC(=O)O)CC3)s2)cc1C#N. The van der Waals surface area contributed by atoms with Gasteiger partial charge in [-0.1, -0.05) is 18.2 Å². The van der Waals surface area contributed by atoms with Gasteiger partial charge in [0.15, 0.2) is 0 Å². The molecule has 0 spiro atoms. The number of aromatic nitrogens is 1. The number of hydrogen-bond donors (Lipinski definition) is 2. The number of rotatable bonds is 7. The molecule has 2 aliphatic rings. The molecular formula is C30H32N4O4S. The number of benzene rings is 2. The number of carbonyl (C=O) groups excluding carboxylic acids is 1. The van der Waals surface area contributed by atoms with E-state index in [4.69, 9.17) is 9.84 Å². The predicted molar refractivity (Wildman–Crippen MR) is 150 cm³/mol. The lowest BCUT2D eigenvalue weighted by atomic mass is 9.94. The summed E-state index contributed by atoms with van der Waals surface area (Å²) in [4.78, 5) is 31.5. The fraction of sp³-hybridized carbons (Fsp3) is 0.400. The molecule has 9 heteroatoms. The smallest absolute Gasteiger partial charge is 0.317 e. The van der Waals surface area contributed by atoms with Gasteiger partial charge in [-0.25, -0.2) is 9.78 Å². The zero-order valence-electron chi connectivity index (χ0n) is 22.1. The van der Waals surface area contributed by atoms with Crippen LogP contribution in [0.5, 0.6) is 5.75 Å². The number of urea groups is 1. The van der Waals surface area contributed by atoms with E-state index in [0.717, 1.165) is 52.3 Å². The van der Waals surface area contributed by atoms with Crippen LogP contribution < -0.4 is 10.1 Å². The maximum atomic E-state index is 13.0. The van der Waals surface area contributed by atoms with E-state index in [2.05, 4.69) is 28.5 Å². The van der Waals surface area contributed by atoms with Crippen LogP contribution in [0.1, 0.15) is 62.3 Å². The Bertz CT molecular complexity index is 1420. The first-order valence-corrected chi connectivity index (χ1v) is 14.2. The van der Waals surface area contributed by atoms with Gasteiger partial charge in [-0.2, -0.15) is 5.26 Å². The van der Waals surface area contributed by atoms with Crippen LogP contribution in [-0.4, -0.2) is 46.2 Å². The Morgan fingerprint density at radius 3 is 2.74 bits per heavy atom.